The highest BCUT2D eigenvalue weighted by atomic mass is 35.5. The van der Waals surface area contributed by atoms with Crippen molar-refractivity contribution >= 4 is 23.2 Å². The second-order valence-corrected chi connectivity index (χ2v) is 4.87. The van der Waals surface area contributed by atoms with Gasteiger partial charge < -0.3 is 4.57 Å². The zero-order chi connectivity index (χ0) is 13.1. The molecule has 0 bridgehead atoms. The van der Waals surface area contributed by atoms with Crippen LogP contribution in [0.2, 0.25) is 10.0 Å². The molecule has 2 aromatic rings. The number of hydrogen-bond donors (Lipinski definition) is 2. The van der Waals surface area contributed by atoms with E-state index in [4.69, 9.17) is 29.0 Å². The van der Waals surface area contributed by atoms with Gasteiger partial charge in [-0.1, -0.05) is 29.3 Å². The van der Waals surface area contributed by atoms with Crippen LogP contribution in [0.25, 0.3) is 0 Å². The van der Waals surface area contributed by atoms with E-state index in [1.165, 1.54) is 0 Å². The molecule has 1 aromatic heterocycles. The predicted molar refractivity (Wildman–Crippen MR) is 73.4 cm³/mol. The highest BCUT2D eigenvalue weighted by Crippen LogP contribution is 2.28. The largest absolute Gasteiger partial charge is 0.336 e. The van der Waals surface area contributed by atoms with Crippen LogP contribution in [0, 0.1) is 0 Å². The van der Waals surface area contributed by atoms with Gasteiger partial charge in [-0.2, -0.15) is 0 Å². The lowest BCUT2D eigenvalue weighted by molar-refractivity contribution is 0.522. The Morgan fingerprint density at radius 2 is 2.06 bits per heavy atom. The van der Waals surface area contributed by atoms with E-state index in [9.17, 15) is 0 Å². The summed E-state index contributed by atoms with van der Waals surface area (Å²) in [6, 6.07) is 5.37. The van der Waals surface area contributed by atoms with Gasteiger partial charge in [0, 0.05) is 23.3 Å². The number of aryl methyl sites for hydroxylation is 1. The Morgan fingerprint density at radius 1 is 1.39 bits per heavy atom. The Hall–Kier alpha value is -1.07. The Balaban J connectivity index is 2.29. The van der Waals surface area contributed by atoms with Gasteiger partial charge in [0.15, 0.2) is 0 Å². The van der Waals surface area contributed by atoms with Crippen molar-refractivity contribution in [3.63, 3.8) is 0 Å². The maximum atomic E-state index is 6.16. The molecule has 0 aliphatic heterocycles. The average Bonchev–Trinajstić information content (AvgIpc) is 2.76. The molecule has 6 heteroatoms. The van der Waals surface area contributed by atoms with E-state index in [2.05, 4.69) is 10.4 Å². The highest BCUT2D eigenvalue weighted by Gasteiger charge is 2.17. The number of nitrogens with one attached hydrogen (secondary N) is 1. The molecule has 1 unspecified atom stereocenters. The van der Waals surface area contributed by atoms with Crippen molar-refractivity contribution < 1.29 is 0 Å². The monoisotopic (exact) mass is 284 g/mol. The normalized spacial score (nSPS) is 12.7. The minimum absolute atomic E-state index is 0.0881. The molecule has 2 rings (SSSR count). The summed E-state index contributed by atoms with van der Waals surface area (Å²) >= 11 is 12.3. The molecule has 0 radical (unpaired) electrons. The van der Waals surface area contributed by atoms with Crippen molar-refractivity contribution in [1.29, 1.82) is 0 Å². The fourth-order valence-electron chi connectivity index (χ4n) is 1.88. The lowest BCUT2D eigenvalue weighted by Gasteiger charge is -2.18. The third-order valence-corrected chi connectivity index (χ3v) is 3.59. The summed E-state index contributed by atoms with van der Waals surface area (Å²) in [7, 11) is 1.92. The van der Waals surface area contributed by atoms with Crippen LogP contribution in [0.1, 0.15) is 17.3 Å². The topological polar surface area (TPSA) is 55.9 Å². The molecule has 0 saturated heterocycles. The van der Waals surface area contributed by atoms with Crippen LogP contribution in [0.4, 0.5) is 0 Å². The summed E-state index contributed by atoms with van der Waals surface area (Å²) in [6.07, 6.45) is 4.11. The molecule has 18 heavy (non-hydrogen) atoms. The number of nitrogens with two attached hydrogens (primary N) is 1. The van der Waals surface area contributed by atoms with Crippen molar-refractivity contribution in [2.75, 3.05) is 0 Å². The van der Waals surface area contributed by atoms with Gasteiger partial charge in [-0.05, 0) is 24.1 Å². The summed E-state index contributed by atoms with van der Waals surface area (Å²) in [4.78, 5) is 4.08. The molecular formula is C12H14Cl2N4. The summed E-state index contributed by atoms with van der Waals surface area (Å²) < 4.78 is 1.91. The number of halogens is 2. The van der Waals surface area contributed by atoms with Crippen molar-refractivity contribution in [2.45, 2.75) is 12.5 Å². The first-order chi connectivity index (χ1) is 8.63. The van der Waals surface area contributed by atoms with Crippen LogP contribution in [-0.2, 0) is 13.5 Å². The van der Waals surface area contributed by atoms with Gasteiger partial charge in [0.2, 0.25) is 0 Å². The van der Waals surface area contributed by atoms with E-state index in [0.29, 0.717) is 16.5 Å². The Bertz CT molecular complexity index is 518. The van der Waals surface area contributed by atoms with Crippen LogP contribution < -0.4 is 11.3 Å². The van der Waals surface area contributed by atoms with Crippen LogP contribution in [0.15, 0.2) is 30.7 Å². The lowest BCUT2D eigenvalue weighted by Crippen LogP contribution is -2.31. The summed E-state index contributed by atoms with van der Waals surface area (Å²) in [5, 5.41) is 1.29. The fraction of sp³-hybridized carbons (Fsp3) is 0.250. The maximum absolute atomic E-state index is 6.16. The van der Waals surface area contributed by atoms with Gasteiger partial charge in [0.25, 0.3) is 0 Å². The molecule has 1 atom stereocenters. The number of hydrogen-bond acceptors (Lipinski definition) is 3. The number of nitrogens with zero attached hydrogens (tertiary/aromatic N) is 2. The SMILES string of the molecule is Cn1cncc1C(Cc1c(Cl)cccc1Cl)NN. The minimum atomic E-state index is -0.0881. The zero-order valence-corrected chi connectivity index (χ0v) is 11.4. The van der Waals surface area contributed by atoms with E-state index in [-0.39, 0.29) is 6.04 Å². The number of aromatic nitrogens is 2. The van der Waals surface area contributed by atoms with Gasteiger partial charge >= 0.3 is 0 Å². The molecule has 4 nitrogen and oxygen atoms in total. The first-order valence-electron chi connectivity index (χ1n) is 5.48. The van der Waals surface area contributed by atoms with E-state index in [1.54, 1.807) is 12.5 Å². The third kappa shape index (κ3) is 2.67. The lowest BCUT2D eigenvalue weighted by atomic mass is 10.0. The minimum Gasteiger partial charge on any atom is -0.336 e. The molecule has 0 amide bonds. The summed E-state index contributed by atoms with van der Waals surface area (Å²) in [5.41, 5.74) is 4.63. The van der Waals surface area contributed by atoms with Gasteiger partial charge in [-0.25, -0.2) is 4.98 Å². The van der Waals surface area contributed by atoms with Crippen molar-refractivity contribution in [3.8, 4) is 0 Å². The molecule has 0 fully saturated rings. The summed E-state index contributed by atoms with van der Waals surface area (Å²) in [5.74, 6) is 5.60. The van der Waals surface area contributed by atoms with Crippen molar-refractivity contribution in [1.82, 2.24) is 15.0 Å². The number of hydrazine groups is 1. The van der Waals surface area contributed by atoms with Gasteiger partial charge in [0.05, 0.1) is 18.1 Å². The second-order valence-electron chi connectivity index (χ2n) is 4.05. The molecule has 1 aromatic carbocycles. The molecule has 0 spiro atoms. The molecule has 96 valence electrons. The molecule has 0 saturated carbocycles. The average molecular weight is 285 g/mol. The molecule has 3 N–H and O–H groups in total. The van der Waals surface area contributed by atoms with Gasteiger partial charge in [0.1, 0.15) is 0 Å². The smallest absolute Gasteiger partial charge is 0.0946 e. The van der Waals surface area contributed by atoms with Crippen LogP contribution in [-0.4, -0.2) is 9.55 Å². The number of rotatable bonds is 4. The Morgan fingerprint density at radius 3 is 2.56 bits per heavy atom. The maximum Gasteiger partial charge on any atom is 0.0946 e. The first kappa shape index (κ1) is 13.4. The second kappa shape index (κ2) is 5.71. The van der Waals surface area contributed by atoms with Crippen LogP contribution >= 0.6 is 23.2 Å². The van der Waals surface area contributed by atoms with Crippen molar-refractivity contribution in [3.05, 3.63) is 52.0 Å². The van der Waals surface area contributed by atoms with Crippen LogP contribution in [0.3, 0.4) is 0 Å². The molecular weight excluding hydrogens is 271 g/mol. The van der Waals surface area contributed by atoms with E-state index in [0.717, 1.165) is 11.3 Å². The van der Waals surface area contributed by atoms with E-state index >= 15 is 0 Å². The molecule has 0 aliphatic carbocycles. The Labute approximate surface area is 116 Å². The summed E-state index contributed by atoms with van der Waals surface area (Å²) in [6.45, 7) is 0. The van der Waals surface area contributed by atoms with Crippen molar-refractivity contribution in [2.24, 2.45) is 12.9 Å². The standard InChI is InChI=1S/C12H14Cl2N4/c1-18-7-16-6-12(18)11(17-15)5-8-9(13)3-2-4-10(8)14/h2-4,6-7,11,17H,5,15H2,1H3. The molecule has 0 aliphatic rings. The van der Waals surface area contributed by atoms with E-state index < -0.39 is 0 Å². The van der Waals surface area contributed by atoms with E-state index in [1.807, 2.05) is 29.8 Å². The quantitative estimate of drug-likeness (QED) is 0.670. The first-order valence-corrected chi connectivity index (χ1v) is 6.24. The highest BCUT2D eigenvalue weighted by molar-refractivity contribution is 6.36. The predicted octanol–water partition coefficient (Wildman–Crippen LogP) is 2.47. The van der Waals surface area contributed by atoms with Gasteiger partial charge in [-0.15, -0.1) is 0 Å². The zero-order valence-electron chi connectivity index (χ0n) is 9.90. The fourth-order valence-corrected chi connectivity index (χ4v) is 2.44. The van der Waals surface area contributed by atoms with Crippen LogP contribution in [0.5, 0.6) is 0 Å². The molecule has 1 heterocycles. The number of benzene rings is 1. The third-order valence-electron chi connectivity index (χ3n) is 2.88. The number of imidazole rings is 1. The Kier molecular flexibility index (Phi) is 4.24. The van der Waals surface area contributed by atoms with Gasteiger partial charge in [-0.3, -0.25) is 11.3 Å².